The molecule has 1 heterocycles. The van der Waals surface area contributed by atoms with Crippen molar-refractivity contribution >= 4 is 0 Å². The van der Waals surface area contributed by atoms with E-state index in [1.165, 1.54) is 5.56 Å². The molecule has 3 heteroatoms. The molecule has 3 nitrogen and oxygen atoms in total. The number of hydrogen-bond donors (Lipinski definition) is 1. The maximum Gasteiger partial charge on any atom is 0.123 e. The number of benzene rings is 1. The van der Waals surface area contributed by atoms with Crippen molar-refractivity contribution in [3.63, 3.8) is 0 Å². The first kappa shape index (κ1) is 15.9. The zero-order valence-electron chi connectivity index (χ0n) is 13.1. The summed E-state index contributed by atoms with van der Waals surface area (Å²) in [6.45, 7) is 5.17. The molecule has 0 spiro atoms. The van der Waals surface area contributed by atoms with Crippen LogP contribution in [0, 0.1) is 12.3 Å². The molecule has 114 valence electrons. The van der Waals surface area contributed by atoms with Gasteiger partial charge in [0.1, 0.15) is 5.75 Å². The first-order valence-corrected chi connectivity index (χ1v) is 7.83. The van der Waals surface area contributed by atoms with Gasteiger partial charge in [-0.25, -0.2) is 0 Å². The summed E-state index contributed by atoms with van der Waals surface area (Å²) in [6, 6.07) is 9.22. The summed E-state index contributed by atoms with van der Waals surface area (Å²) >= 11 is 0. The lowest BCUT2D eigenvalue weighted by molar-refractivity contribution is 0.207. The lowest BCUT2D eigenvalue weighted by Crippen LogP contribution is -2.43. The Hall–Kier alpha value is -1.50. The van der Waals surface area contributed by atoms with Crippen LogP contribution >= 0.6 is 0 Å². The number of ether oxygens (including phenoxy) is 1. The lowest BCUT2D eigenvalue weighted by atomic mass is 9.98. The Balaban J connectivity index is 1.96. The number of para-hydroxylation sites is 1. The number of rotatable bonds is 6. The van der Waals surface area contributed by atoms with Gasteiger partial charge in [0.2, 0.25) is 0 Å². The summed E-state index contributed by atoms with van der Waals surface area (Å²) in [5.41, 5.74) is 1.26. The fourth-order valence-corrected chi connectivity index (χ4v) is 3.05. The first-order chi connectivity index (χ1) is 10.3. The maximum absolute atomic E-state index is 5.50. The molecule has 1 saturated heterocycles. The van der Waals surface area contributed by atoms with Crippen molar-refractivity contribution in [2.24, 2.45) is 0 Å². The largest absolute Gasteiger partial charge is 0.496 e. The minimum absolute atomic E-state index is 0.352. The topological polar surface area (TPSA) is 24.5 Å². The van der Waals surface area contributed by atoms with Gasteiger partial charge in [0.15, 0.2) is 0 Å². The van der Waals surface area contributed by atoms with Crippen molar-refractivity contribution in [3.05, 3.63) is 29.8 Å². The van der Waals surface area contributed by atoms with Gasteiger partial charge in [0.05, 0.1) is 13.7 Å². The summed E-state index contributed by atoms with van der Waals surface area (Å²) in [7, 11) is 1.74. The molecule has 0 bridgehead atoms. The Bertz CT molecular complexity index is 472. The average molecular weight is 286 g/mol. The second kappa shape index (κ2) is 8.07. The first-order valence-electron chi connectivity index (χ1n) is 7.83. The smallest absolute Gasteiger partial charge is 0.123 e. The van der Waals surface area contributed by atoms with Crippen LogP contribution in [0.25, 0.3) is 0 Å². The van der Waals surface area contributed by atoms with Gasteiger partial charge in [-0.15, -0.1) is 6.42 Å². The van der Waals surface area contributed by atoms with Crippen molar-refractivity contribution in [1.29, 1.82) is 0 Å². The van der Waals surface area contributed by atoms with E-state index in [9.17, 15) is 0 Å². The van der Waals surface area contributed by atoms with Gasteiger partial charge < -0.3 is 10.1 Å². The van der Waals surface area contributed by atoms with Gasteiger partial charge in [-0.1, -0.05) is 31.0 Å². The molecule has 0 aromatic heterocycles. The van der Waals surface area contributed by atoms with Crippen LogP contribution in [-0.4, -0.2) is 37.7 Å². The molecule has 1 aromatic carbocycles. The van der Waals surface area contributed by atoms with E-state index >= 15 is 0 Å². The number of hydrogen-bond acceptors (Lipinski definition) is 3. The molecule has 1 aromatic rings. The Morgan fingerprint density at radius 2 is 2.10 bits per heavy atom. The van der Waals surface area contributed by atoms with Crippen molar-refractivity contribution in [1.82, 2.24) is 10.2 Å². The molecular weight excluding hydrogens is 260 g/mol. The highest BCUT2D eigenvalue weighted by Crippen LogP contribution is 2.28. The molecule has 0 radical (unpaired) electrons. The van der Waals surface area contributed by atoms with Gasteiger partial charge in [-0.3, -0.25) is 4.90 Å². The van der Waals surface area contributed by atoms with E-state index in [4.69, 9.17) is 11.2 Å². The average Bonchev–Trinajstić information content (AvgIpc) is 2.54. The molecule has 1 aliphatic heterocycles. The third kappa shape index (κ3) is 4.23. The van der Waals surface area contributed by atoms with E-state index in [0.29, 0.717) is 12.1 Å². The SMILES string of the molecule is C#CCN1CCC(NC(CC)c2ccccc2OC)CC1. The second-order valence-corrected chi connectivity index (χ2v) is 5.62. The van der Waals surface area contributed by atoms with Crippen LogP contribution in [0.3, 0.4) is 0 Å². The van der Waals surface area contributed by atoms with Gasteiger partial charge >= 0.3 is 0 Å². The van der Waals surface area contributed by atoms with Crippen molar-refractivity contribution < 1.29 is 4.74 Å². The fourth-order valence-electron chi connectivity index (χ4n) is 3.05. The molecule has 1 N–H and O–H groups in total. The van der Waals surface area contributed by atoms with Crippen LogP contribution in [0.4, 0.5) is 0 Å². The van der Waals surface area contributed by atoms with Gasteiger partial charge in [-0.2, -0.15) is 0 Å². The minimum Gasteiger partial charge on any atom is -0.496 e. The quantitative estimate of drug-likeness (QED) is 0.814. The van der Waals surface area contributed by atoms with Crippen LogP contribution in [0.1, 0.15) is 37.8 Å². The number of nitrogens with zero attached hydrogens (tertiary/aromatic N) is 1. The van der Waals surface area contributed by atoms with Crippen LogP contribution in [0.5, 0.6) is 5.75 Å². The van der Waals surface area contributed by atoms with Gasteiger partial charge in [0.25, 0.3) is 0 Å². The molecule has 1 unspecified atom stereocenters. The van der Waals surface area contributed by atoms with E-state index in [2.05, 4.69) is 35.2 Å². The normalized spacial score (nSPS) is 18.1. The fraction of sp³-hybridized carbons (Fsp3) is 0.556. The predicted molar refractivity (Wildman–Crippen MR) is 87.5 cm³/mol. The van der Waals surface area contributed by atoms with E-state index in [-0.39, 0.29) is 0 Å². The number of methoxy groups -OCH3 is 1. The van der Waals surface area contributed by atoms with Crippen molar-refractivity contribution in [2.75, 3.05) is 26.7 Å². The Labute approximate surface area is 128 Å². The summed E-state index contributed by atoms with van der Waals surface area (Å²) in [5, 5.41) is 3.80. The molecule has 0 amide bonds. The molecule has 1 aliphatic rings. The van der Waals surface area contributed by atoms with Crippen LogP contribution in [0.2, 0.25) is 0 Å². The summed E-state index contributed by atoms with van der Waals surface area (Å²) in [4.78, 5) is 2.35. The number of likely N-dealkylation sites (tertiary alicyclic amines) is 1. The van der Waals surface area contributed by atoms with Gasteiger partial charge in [-0.05, 0) is 25.3 Å². The second-order valence-electron chi connectivity index (χ2n) is 5.62. The van der Waals surface area contributed by atoms with Crippen LogP contribution in [-0.2, 0) is 0 Å². The summed E-state index contributed by atoms with van der Waals surface area (Å²) in [6.07, 6.45) is 8.76. The molecular formula is C18H26N2O. The summed E-state index contributed by atoms with van der Waals surface area (Å²) in [5.74, 6) is 3.71. The zero-order chi connectivity index (χ0) is 15.1. The lowest BCUT2D eigenvalue weighted by Gasteiger charge is -2.34. The highest BCUT2D eigenvalue weighted by atomic mass is 16.5. The van der Waals surface area contributed by atoms with Crippen molar-refractivity contribution in [3.8, 4) is 18.1 Å². The van der Waals surface area contributed by atoms with Crippen molar-refractivity contribution in [2.45, 2.75) is 38.3 Å². The summed E-state index contributed by atoms with van der Waals surface area (Å²) < 4.78 is 5.50. The zero-order valence-corrected chi connectivity index (χ0v) is 13.1. The van der Waals surface area contributed by atoms with E-state index < -0.39 is 0 Å². The molecule has 1 fully saturated rings. The highest BCUT2D eigenvalue weighted by molar-refractivity contribution is 5.35. The standard InChI is InChI=1S/C18H26N2O/c1-4-12-20-13-10-15(11-14-20)19-17(5-2)16-8-6-7-9-18(16)21-3/h1,6-9,15,17,19H,5,10-14H2,2-3H3. The van der Waals surface area contributed by atoms with Gasteiger partial charge in [0, 0.05) is 30.7 Å². The van der Waals surface area contributed by atoms with Crippen LogP contribution < -0.4 is 10.1 Å². The number of nitrogens with one attached hydrogen (secondary N) is 1. The molecule has 21 heavy (non-hydrogen) atoms. The Morgan fingerprint density at radius 3 is 2.71 bits per heavy atom. The molecule has 0 aliphatic carbocycles. The predicted octanol–water partition coefficient (Wildman–Crippen LogP) is 2.83. The third-order valence-electron chi connectivity index (χ3n) is 4.26. The molecule has 1 atom stereocenters. The third-order valence-corrected chi connectivity index (χ3v) is 4.26. The maximum atomic E-state index is 5.50. The monoisotopic (exact) mass is 286 g/mol. The number of piperidine rings is 1. The molecule has 0 saturated carbocycles. The van der Waals surface area contributed by atoms with Crippen LogP contribution in [0.15, 0.2) is 24.3 Å². The minimum atomic E-state index is 0.352. The number of terminal acetylenes is 1. The Morgan fingerprint density at radius 1 is 1.38 bits per heavy atom. The highest BCUT2D eigenvalue weighted by Gasteiger charge is 2.22. The Kier molecular flexibility index (Phi) is 6.10. The van der Waals surface area contributed by atoms with E-state index in [1.54, 1.807) is 7.11 Å². The van der Waals surface area contributed by atoms with E-state index in [1.807, 2.05) is 12.1 Å². The molecule has 2 rings (SSSR count). The van der Waals surface area contributed by atoms with E-state index in [0.717, 1.165) is 44.6 Å².